The third kappa shape index (κ3) is 4.13. The second-order valence-electron chi connectivity index (χ2n) is 6.59. The van der Waals surface area contributed by atoms with Gasteiger partial charge in [0.2, 0.25) is 5.91 Å². The molecule has 1 aliphatic rings. The molecule has 0 saturated carbocycles. The van der Waals surface area contributed by atoms with Gasteiger partial charge in [-0.3, -0.25) is 9.69 Å². The first-order valence-corrected chi connectivity index (χ1v) is 8.69. The van der Waals surface area contributed by atoms with E-state index < -0.39 is 0 Å². The number of nitrogens with one attached hydrogen (secondary N) is 1. The molecule has 0 spiro atoms. The summed E-state index contributed by atoms with van der Waals surface area (Å²) in [6, 6.07) is 13.1. The van der Waals surface area contributed by atoms with Crippen LogP contribution in [0.3, 0.4) is 0 Å². The molecule has 3 rings (SSSR count). The molecule has 1 saturated heterocycles. The number of hydrogen-bond acceptors (Lipinski definition) is 3. The van der Waals surface area contributed by atoms with E-state index in [0.29, 0.717) is 6.54 Å². The van der Waals surface area contributed by atoms with E-state index in [1.807, 2.05) is 0 Å². The maximum Gasteiger partial charge on any atom is 0.216 e. The minimum Gasteiger partial charge on any atom is -0.375 e. The highest BCUT2D eigenvalue weighted by Crippen LogP contribution is 2.24. The quantitative estimate of drug-likeness (QED) is 0.918. The number of carbonyl (C=O) groups is 1. The van der Waals surface area contributed by atoms with Gasteiger partial charge < -0.3 is 10.1 Å². The van der Waals surface area contributed by atoms with Crippen molar-refractivity contribution < 1.29 is 9.53 Å². The minimum atomic E-state index is 0.0220. The van der Waals surface area contributed by atoms with Gasteiger partial charge >= 0.3 is 0 Å². The lowest BCUT2D eigenvalue weighted by Gasteiger charge is -2.33. The zero-order valence-electron chi connectivity index (χ0n) is 14.5. The first-order valence-electron chi connectivity index (χ1n) is 8.69. The summed E-state index contributed by atoms with van der Waals surface area (Å²) in [5, 5.41) is 5.53. The minimum absolute atomic E-state index is 0.0220. The first kappa shape index (κ1) is 16.9. The van der Waals surface area contributed by atoms with Crippen LogP contribution in [-0.4, -0.2) is 43.2 Å². The van der Waals surface area contributed by atoms with Crippen LogP contribution in [0, 0.1) is 6.92 Å². The van der Waals surface area contributed by atoms with Gasteiger partial charge in [0.05, 0.1) is 12.7 Å². The summed E-state index contributed by atoms with van der Waals surface area (Å²) < 4.78 is 5.84. The van der Waals surface area contributed by atoms with Gasteiger partial charge in [-0.05, 0) is 35.2 Å². The number of hydrogen-bond donors (Lipinski definition) is 1. The molecule has 1 fully saturated rings. The molecule has 1 N–H and O–H groups in total. The Kier molecular flexibility index (Phi) is 5.48. The molecule has 0 aliphatic carbocycles. The summed E-state index contributed by atoms with van der Waals surface area (Å²) >= 11 is 0. The molecular formula is C20H26N2O2. The van der Waals surface area contributed by atoms with E-state index in [4.69, 9.17) is 4.74 Å². The van der Waals surface area contributed by atoms with Gasteiger partial charge in [0.1, 0.15) is 0 Å². The van der Waals surface area contributed by atoms with Crippen molar-refractivity contribution in [1.82, 2.24) is 10.2 Å². The molecule has 0 bridgehead atoms. The van der Waals surface area contributed by atoms with Gasteiger partial charge in [-0.25, -0.2) is 0 Å². The molecule has 4 nitrogen and oxygen atoms in total. The van der Waals surface area contributed by atoms with Crippen molar-refractivity contribution in [2.45, 2.75) is 32.9 Å². The fourth-order valence-corrected chi connectivity index (χ4v) is 3.42. The number of amides is 1. The van der Waals surface area contributed by atoms with E-state index >= 15 is 0 Å². The number of benzene rings is 2. The van der Waals surface area contributed by atoms with E-state index in [1.165, 1.54) is 21.9 Å². The molecule has 4 heteroatoms. The maximum absolute atomic E-state index is 11.0. The molecule has 24 heavy (non-hydrogen) atoms. The molecule has 2 aromatic rings. The summed E-state index contributed by atoms with van der Waals surface area (Å²) in [6.07, 6.45) is 1.06. The van der Waals surface area contributed by atoms with Crippen LogP contribution in [0.2, 0.25) is 0 Å². The molecule has 128 valence electrons. The molecule has 1 unspecified atom stereocenters. The van der Waals surface area contributed by atoms with Crippen LogP contribution in [0.25, 0.3) is 10.8 Å². The summed E-state index contributed by atoms with van der Waals surface area (Å²) in [4.78, 5) is 13.4. The van der Waals surface area contributed by atoms with Gasteiger partial charge in [-0.15, -0.1) is 0 Å². The highest BCUT2D eigenvalue weighted by Gasteiger charge is 2.20. The smallest absolute Gasteiger partial charge is 0.216 e. The van der Waals surface area contributed by atoms with Gasteiger partial charge in [-0.1, -0.05) is 36.4 Å². The van der Waals surface area contributed by atoms with E-state index in [0.717, 1.165) is 32.7 Å². The van der Waals surface area contributed by atoms with Crippen LogP contribution in [-0.2, 0) is 16.1 Å². The van der Waals surface area contributed by atoms with Crippen molar-refractivity contribution >= 4 is 16.7 Å². The summed E-state index contributed by atoms with van der Waals surface area (Å²) in [7, 11) is 0. The van der Waals surface area contributed by atoms with Crippen molar-refractivity contribution in [3.63, 3.8) is 0 Å². The molecule has 2 aromatic carbocycles. The Morgan fingerprint density at radius 1 is 1.25 bits per heavy atom. The predicted octanol–water partition coefficient (Wildman–Crippen LogP) is 2.88. The number of fused-ring (bicyclic) bond motifs is 1. The average molecular weight is 326 g/mol. The number of morpholine rings is 1. The fourth-order valence-electron chi connectivity index (χ4n) is 3.42. The Balaban J connectivity index is 1.65. The van der Waals surface area contributed by atoms with Crippen molar-refractivity contribution in [2.75, 3.05) is 26.2 Å². The number of aryl methyl sites for hydroxylation is 1. The van der Waals surface area contributed by atoms with Gasteiger partial charge in [0.25, 0.3) is 0 Å². The van der Waals surface area contributed by atoms with Crippen molar-refractivity contribution in [2.24, 2.45) is 0 Å². The Hall–Kier alpha value is -1.91. The van der Waals surface area contributed by atoms with Crippen LogP contribution in [0.1, 0.15) is 24.5 Å². The topological polar surface area (TPSA) is 41.6 Å². The van der Waals surface area contributed by atoms with E-state index in [9.17, 15) is 4.79 Å². The lowest BCUT2D eigenvalue weighted by Crippen LogP contribution is -2.43. The molecule has 1 amide bonds. The molecule has 1 aliphatic heterocycles. The summed E-state index contributed by atoms with van der Waals surface area (Å²) in [5.74, 6) is 0.0220. The maximum atomic E-state index is 11.0. The normalized spacial score (nSPS) is 18.7. The number of carbonyl (C=O) groups excluding carboxylic acids is 1. The second kappa shape index (κ2) is 7.77. The molecule has 0 radical (unpaired) electrons. The first-order chi connectivity index (χ1) is 11.6. The monoisotopic (exact) mass is 326 g/mol. The fraction of sp³-hybridized carbons (Fsp3) is 0.450. The van der Waals surface area contributed by atoms with Gasteiger partial charge in [-0.2, -0.15) is 0 Å². The van der Waals surface area contributed by atoms with Crippen molar-refractivity contribution in [1.29, 1.82) is 0 Å². The largest absolute Gasteiger partial charge is 0.375 e. The van der Waals surface area contributed by atoms with E-state index in [-0.39, 0.29) is 12.0 Å². The Bertz CT molecular complexity index is 714. The Morgan fingerprint density at radius 2 is 2.04 bits per heavy atom. The van der Waals surface area contributed by atoms with Gasteiger partial charge in [0.15, 0.2) is 0 Å². The summed E-state index contributed by atoms with van der Waals surface area (Å²) in [6.45, 7) is 7.98. The molecular weight excluding hydrogens is 300 g/mol. The highest BCUT2D eigenvalue weighted by molar-refractivity contribution is 5.88. The molecule has 1 heterocycles. The van der Waals surface area contributed by atoms with Crippen LogP contribution in [0.4, 0.5) is 0 Å². The van der Waals surface area contributed by atoms with Crippen LogP contribution < -0.4 is 5.32 Å². The SMILES string of the molecule is CC(=O)NCCC1CN(Cc2cccc3c(C)cccc23)CCO1. The Morgan fingerprint density at radius 3 is 2.88 bits per heavy atom. The summed E-state index contributed by atoms with van der Waals surface area (Å²) in [5.41, 5.74) is 2.70. The Labute approximate surface area is 143 Å². The van der Waals surface area contributed by atoms with Crippen molar-refractivity contribution in [3.05, 3.63) is 47.5 Å². The van der Waals surface area contributed by atoms with Crippen molar-refractivity contribution in [3.8, 4) is 0 Å². The van der Waals surface area contributed by atoms with Crippen LogP contribution in [0.5, 0.6) is 0 Å². The zero-order chi connectivity index (χ0) is 16.9. The third-order valence-electron chi connectivity index (χ3n) is 4.69. The molecule has 1 atom stereocenters. The second-order valence-corrected chi connectivity index (χ2v) is 6.59. The standard InChI is InChI=1S/C20H26N2O2/c1-15-5-3-8-20-17(6-4-7-19(15)20)13-22-11-12-24-18(14-22)9-10-21-16(2)23/h3-8,18H,9-14H2,1-2H3,(H,21,23). The number of ether oxygens (including phenoxy) is 1. The van der Waals surface area contributed by atoms with Crippen LogP contribution >= 0.6 is 0 Å². The highest BCUT2D eigenvalue weighted by atomic mass is 16.5. The number of rotatable bonds is 5. The lowest BCUT2D eigenvalue weighted by atomic mass is 10.0. The van der Waals surface area contributed by atoms with E-state index in [1.54, 1.807) is 6.92 Å². The lowest BCUT2D eigenvalue weighted by molar-refractivity contribution is -0.119. The van der Waals surface area contributed by atoms with E-state index in [2.05, 4.69) is 53.5 Å². The van der Waals surface area contributed by atoms with Crippen LogP contribution in [0.15, 0.2) is 36.4 Å². The molecule has 0 aromatic heterocycles. The third-order valence-corrected chi connectivity index (χ3v) is 4.69. The zero-order valence-corrected chi connectivity index (χ0v) is 14.5. The predicted molar refractivity (Wildman–Crippen MR) is 97.0 cm³/mol. The average Bonchev–Trinajstić information content (AvgIpc) is 2.56. The van der Waals surface area contributed by atoms with Gasteiger partial charge in [0, 0.05) is 33.1 Å². The number of nitrogens with zero attached hydrogens (tertiary/aromatic N) is 1.